The van der Waals surface area contributed by atoms with Crippen molar-refractivity contribution in [3.05, 3.63) is 51.5 Å². The van der Waals surface area contributed by atoms with Crippen molar-refractivity contribution in [2.45, 2.75) is 19.3 Å². The summed E-state index contributed by atoms with van der Waals surface area (Å²) in [5.41, 5.74) is 8.95. The lowest BCUT2D eigenvalue weighted by Crippen LogP contribution is -1.91. The van der Waals surface area contributed by atoms with Gasteiger partial charge in [-0.25, -0.2) is 0 Å². The molecule has 0 bridgehead atoms. The van der Waals surface area contributed by atoms with E-state index in [9.17, 15) is 0 Å². The van der Waals surface area contributed by atoms with E-state index in [-0.39, 0.29) is 0 Å². The molecule has 0 atom stereocenters. The molecule has 4 heteroatoms. The van der Waals surface area contributed by atoms with Crippen molar-refractivity contribution in [1.29, 1.82) is 0 Å². The third-order valence-corrected chi connectivity index (χ3v) is 3.87. The van der Waals surface area contributed by atoms with Gasteiger partial charge in [0.2, 0.25) is 0 Å². The van der Waals surface area contributed by atoms with Gasteiger partial charge in [-0.1, -0.05) is 29.3 Å². The number of hydrogen-bond donors (Lipinski definition) is 1. The smallest absolute Gasteiger partial charge is 0.164 e. The van der Waals surface area contributed by atoms with Crippen LogP contribution in [0.4, 0.5) is 5.69 Å². The number of aryl methyl sites for hydroxylation is 2. The monoisotopic (exact) mass is 293 g/mol. The van der Waals surface area contributed by atoms with E-state index in [4.69, 9.17) is 33.7 Å². The van der Waals surface area contributed by atoms with E-state index < -0.39 is 0 Å². The van der Waals surface area contributed by atoms with Gasteiger partial charge in [-0.2, -0.15) is 0 Å². The summed E-state index contributed by atoms with van der Waals surface area (Å²) in [6.07, 6.45) is 3.47. The molecule has 0 aliphatic heterocycles. The highest BCUT2D eigenvalue weighted by molar-refractivity contribution is 6.37. The largest absolute Gasteiger partial charge is 0.454 e. The molecule has 0 spiro atoms. The molecule has 0 saturated carbocycles. The van der Waals surface area contributed by atoms with Gasteiger partial charge < -0.3 is 10.5 Å². The second-order valence-electron chi connectivity index (χ2n) is 4.70. The van der Waals surface area contributed by atoms with Crippen LogP contribution in [0.25, 0.3) is 0 Å². The van der Waals surface area contributed by atoms with E-state index in [1.54, 1.807) is 12.1 Å². The van der Waals surface area contributed by atoms with E-state index in [1.165, 1.54) is 17.5 Å². The molecule has 0 saturated heterocycles. The molecule has 0 heterocycles. The first kappa shape index (κ1) is 12.6. The molecule has 2 aromatic rings. The number of nitrogen functional groups attached to an aromatic ring is 1. The minimum absolute atomic E-state index is 0.422. The van der Waals surface area contributed by atoms with Gasteiger partial charge in [-0.3, -0.25) is 0 Å². The van der Waals surface area contributed by atoms with E-state index in [0.29, 0.717) is 21.5 Å². The van der Waals surface area contributed by atoms with Gasteiger partial charge >= 0.3 is 0 Å². The van der Waals surface area contributed by atoms with Crippen LogP contribution in [0.3, 0.4) is 0 Å². The zero-order chi connectivity index (χ0) is 13.4. The predicted molar refractivity (Wildman–Crippen MR) is 79.4 cm³/mol. The van der Waals surface area contributed by atoms with E-state index in [0.717, 1.165) is 18.6 Å². The number of hydrogen-bond acceptors (Lipinski definition) is 2. The molecule has 2 N–H and O–H groups in total. The van der Waals surface area contributed by atoms with Crippen LogP contribution in [0.1, 0.15) is 17.5 Å². The van der Waals surface area contributed by atoms with E-state index in [2.05, 4.69) is 12.1 Å². The minimum atomic E-state index is 0.422. The molecule has 3 rings (SSSR count). The molecule has 1 aliphatic carbocycles. The molecule has 0 radical (unpaired) electrons. The molecule has 0 fully saturated rings. The molecule has 0 amide bonds. The molecular weight excluding hydrogens is 281 g/mol. The lowest BCUT2D eigenvalue weighted by molar-refractivity contribution is 0.482. The third-order valence-electron chi connectivity index (χ3n) is 3.31. The molecule has 2 nitrogen and oxygen atoms in total. The Bertz CT molecular complexity index is 617. The highest BCUT2D eigenvalue weighted by Crippen LogP contribution is 2.39. The number of fused-ring (bicyclic) bond motifs is 1. The van der Waals surface area contributed by atoms with E-state index in [1.807, 2.05) is 6.07 Å². The fraction of sp³-hybridized carbons (Fsp3) is 0.200. The Balaban J connectivity index is 1.93. The van der Waals surface area contributed by atoms with Crippen LogP contribution in [-0.4, -0.2) is 0 Å². The van der Waals surface area contributed by atoms with Gasteiger partial charge in [0.25, 0.3) is 0 Å². The van der Waals surface area contributed by atoms with Crippen LogP contribution in [0.15, 0.2) is 30.3 Å². The first-order valence-electron chi connectivity index (χ1n) is 6.17. The van der Waals surface area contributed by atoms with Crippen molar-refractivity contribution >= 4 is 28.9 Å². The van der Waals surface area contributed by atoms with Gasteiger partial charge in [-0.05, 0) is 54.7 Å². The lowest BCUT2D eigenvalue weighted by atomic mass is 10.1. The van der Waals surface area contributed by atoms with Crippen LogP contribution < -0.4 is 10.5 Å². The fourth-order valence-electron chi connectivity index (χ4n) is 2.41. The quantitative estimate of drug-likeness (QED) is 0.803. The maximum atomic E-state index is 6.11. The fourth-order valence-corrected chi connectivity index (χ4v) is 2.99. The average Bonchev–Trinajstić information content (AvgIpc) is 2.81. The Morgan fingerprint density at radius 1 is 0.947 bits per heavy atom. The topological polar surface area (TPSA) is 35.2 Å². The Morgan fingerprint density at radius 3 is 2.37 bits per heavy atom. The predicted octanol–water partition coefficient (Wildman–Crippen LogP) is 4.86. The number of nitrogens with two attached hydrogens (primary N) is 1. The van der Waals surface area contributed by atoms with Gasteiger partial charge in [0.1, 0.15) is 5.75 Å². The van der Waals surface area contributed by atoms with E-state index >= 15 is 0 Å². The SMILES string of the molecule is Nc1cc(Cl)c(Oc2ccc3c(c2)CCC3)c(Cl)c1. The highest BCUT2D eigenvalue weighted by atomic mass is 35.5. The van der Waals surface area contributed by atoms with Crippen LogP contribution in [-0.2, 0) is 12.8 Å². The Labute approximate surface area is 122 Å². The standard InChI is InChI=1S/C15H13Cl2NO/c16-13-7-11(18)8-14(17)15(13)19-12-5-4-9-2-1-3-10(9)6-12/h4-8H,1-3,18H2. The number of halogens is 2. The number of rotatable bonds is 2. The normalized spacial score (nSPS) is 13.4. The van der Waals surface area contributed by atoms with Crippen molar-refractivity contribution in [3.63, 3.8) is 0 Å². The maximum absolute atomic E-state index is 6.11. The number of ether oxygens (including phenoxy) is 1. The molecule has 19 heavy (non-hydrogen) atoms. The maximum Gasteiger partial charge on any atom is 0.164 e. The Hall–Kier alpha value is -1.38. The summed E-state index contributed by atoms with van der Waals surface area (Å²) in [4.78, 5) is 0. The summed E-state index contributed by atoms with van der Waals surface area (Å²) in [5.74, 6) is 1.21. The average molecular weight is 294 g/mol. The molecule has 2 aromatic carbocycles. The second kappa shape index (κ2) is 4.95. The van der Waals surface area contributed by atoms with Crippen LogP contribution >= 0.6 is 23.2 Å². The molecule has 0 unspecified atom stereocenters. The Morgan fingerprint density at radius 2 is 1.63 bits per heavy atom. The summed E-state index contributed by atoms with van der Waals surface area (Å²) in [7, 11) is 0. The first-order valence-corrected chi connectivity index (χ1v) is 6.93. The van der Waals surface area contributed by atoms with Gasteiger partial charge in [0.15, 0.2) is 5.75 Å². The molecule has 1 aliphatic rings. The summed E-state index contributed by atoms with van der Waals surface area (Å²) < 4.78 is 5.80. The lowest BCUT2D eigenvalue weighted by Gasteiger charge is -2.11. The van der Waals surface area contributed by atoms with Gasteiger partial charge in [-0.15, -0.1) is 0 Å². The van der Waals surface area contributed by atoms with Crippen LogP contribution in [0, 0.1) is 0 Å². The molecule has 0 aromatic heterocycles. The van der Waals surface area contributed by atoms with Crippen molar-refractivity contribution < 1.29 is 4.74 Å². The minimum Gasteiger partial charge on any atom is -0.454 e. The van der Waals surface area contributed by atoms with Crippen molar-refractivity contribution in [2.24, 2.45) is 0 Å². The second-order valence-corrected chi connectivity index (χ2v) is 5.51. The summed E-state index contributed by atoms with van der Waals surface area (Å²) in [6, 6.07) is 9.39. The zero-order valence-corrected chi connectivity index (χ0v) is 11.8. The highest BCUT2D eigenvalue weighted by Gasteiger charge is 2.14. The zero-order valence-electron chi connectivity index (χ0n) is 10.2. The number of anilines is 1. The van der Waals surface area contributed by atoms with Crippen LogP contribution in [0.5, 0.6) is 11.5 Å². The van der Waals surface area contributed by atoms with Crippen molar-refractivity contribution in [3.8, 4) is 11.5 Å². The number of benzene rings is 2. The van der Waals surface area contributed by atoms with Crippen molar-refractivity contribution in [1.82, 2.24) is 0 Å². The summed E-state index contributed by atoms with van der Waals surface area (Å²) in [5, 5.41) is 0.844. The van der Waals surface area contributed by atoms with Gasteiger partial charge in [0.05, 0.1) is 10.0 Å². The van der Waals surface area contributed by atoms with Crippen LogP contribution in [0.2, 0.25) is 10.0 Å². The third kappa shape index (κ3) is 2.51. The molecular formula is C15H13Cl2NO. The summed E-state index contributed by atoms with van der Waals surface area (Å²) >= 11 is 12.2. The Kier molecular flexibility index (Phi) is 3.29. The van der Waals surface area contributed by atoms with Crippen molar-refractivity contribution in [2.75, 3.05) is 5.73 Å². The molecule has 98 valence electrons. The van der Waals surface area contributed by atoms with Gasteiger partial charge in [0, 0.05) is 5.69 Å². The first-order chi connectivity index (χ1) is 9.13. The summed E-state index contributed by atoms with van der Waals surface area (Å²) in [6.45, 7) is 0.